The van der Waals surface area contributed by atoms with Crippen LogP contribution in [0.3, 0.4) is 0 Å². The number of benzene rings is 1. The van der Waals surface area contributed by atoms with Crippen LogP contribution in [0.1, 0.15) is 118 Å². The van der Waals surface area contributed by atoms with Gasteiger partial charge >= 0.3 is 5.97 Å². The number of allylic oxidation sites excluding steroid dienone is 5. The van der Waals surface area contributed by atoms with Crippen LogP contribution < -0.4 is 44.2 Å². The van der Waals surface area contributed by atoms with Crippen LogP contribution in [-0.4, -0.2) is 118 Å². The highest BCUT2D eigenvalue weighted by Gasteiger charge is 2.35. The number of nitrogens with two attached hydrogens (primary N) is 4. The molecular weight excluding hydrogens is 877 g/mol. The van der Waals surface area contributed by atoms with Crippen LogP contribution in [0, 0.1) is 5.92 Å². The van der Waals surface area contributed by atoms with Gasteiger partial charge in [0.2, 0.25) is 29.5 Å². The Kier molecular flexibility index (Phi) is 28.8. The third-order valence-corrected chi connectivity index (χ3v) is 11.2. The number of carbonyl (C=O) groups is 6. The molecule has 0 heterocycles. The van der Waals surface area contributed by atoms with Gasteiger partial charge in [0.1, 0.15) is 36.0 Å². The monoisotopic (exact) mass is 957 g/mol. The van der Waals surface area contributed by atoms with E-state index in [4.69, 9.17) is 22.9 Å². The lowest BCUT2D eigenvalue weighted by molar-refractivity contribution is -0.150. The lowest BCUT2D eigenvalue weighted by atomic mass is 10.0. The fourth-order valence-electron chi connectivity index (χ4n) is 6.92. The lowest BCUT2D eigenvalue weighted by Gasteiger charge is -2.32. The van der Waals surface area contributed by atoms with Gasteiger partial charge in [-0.3, -0.25) is 29.0 Å². The molecule has 1 aromatic carbocycles. The van der Waals surface area contributed by atoms with Gasteiger partial charge in [-0.15, -0.1) is 0 Å². The second kappa shape index (κ2) is 32.3. The first-order chi connectivity index (χ1) is 31.6. The van der Waals surface area contributed by atoms with E-state index in [0.717, 1.165) is 24.8 Å². The number of guanidine groups is 1. The van der Waals surface area contributed by atoms with E-state index in [9.17, 15) is 39.0 Å². The number of thiol groups is 1. The van der Waals surface area contributed by atoms with Crippen molar-refractivity contribution in [2.75, 3.05) is 25.4 Å². The molecule has 0 saturated carbocycles. The van der Waals surface area contributed by atoms with Crippen molar-refractivity contribution in [1.82, 2.24) is 26.2 Å². The maximum atomic E-state index is 14.6. The Labute approximate surface area is 403 Å². The largest absolute Gasteiger partial charge is 0.508 e. The van der Waals surface area contributed by atoms with E-state index in [1.165, 1.54) is 35.1 Å². The van der Waals surface area contributed by atoms with E-state index in [2.05, 4.69) is 71.8 Å². The Bertz CT molecular complexity index is 1860. The van der Waals surface area contributed by atoms with E-state index < -0.39 is 71.8 Å². The van der Waals surface area contributed by atoms with Crippen molar-refractivity contribution in [2.24, 2.45) is 33.8 Å². The number of nitrogens with zero attached hydrogens (tertiary/aromatic N) is 2. The molecule has 14 N–H and O–H groups in total. The molecule has 19 heteroatoms. The summed E-state index contributed by atoms with van der Waals surface area (Å²) in [6.07, 6.45) is 11.1. The van der Waals surface area contributed by atoms with Crippen LogP contribution in [0.5, 0.6) is 5.75 Å². The number of amides is 5. The summed E-state index contributed by atoms with van der Waals surface area (Å²) >= 11 is 4.29. The molecule has 376 valence electrons. The SMILES string of the molecule is CC(C)=CCC/C(C)=C\CC/C(C)=C\CN(C(=O)[C@H](CCCCN)NC(=O)[C@H](Cc1ccc(O)cc1)NC(=O)[C@H](CCCN=C(N)N)NC(=O)[C@H](C)NC(=O)[C@@H](N)CC(C)C)[C@@H](CS)C(=O)O. The molecule has 0 fully saturated rings. The molecule has 0 aromatic heterocycles. The van der Waals surface area contributed by atoms with Crippen LogP contribution in [0.2, 0.25) is 0 Å². The van der Waals surface area contributed by atoms with Crippen LogP contribution >= 0.6 is 12.6 Å². The number of carboxylic acid groups (broad SMARTS) is 1. The van der Waals surface area contributed by atoms with Gasteiger partial charge in [-0.25, -0.2) is 4.79 Å². The van der Waals surface area contributed by atoms with E-state index in [1.807, 2.05) is 26.8 Å². The molecule has 0 radical (unpaired) electrons. The second-order valence-electron chi connectivity index (χ2n) is 17.7. The maximum absolute atomic E-state index is 14.6. The summed E-state index contributed by atoms with van der Waals surface area (Å²) < 4.78 is 0. The minimum atomic E-state index is -1.35. The molecule has 67 heavy (non-hydrogen) atoms. The van der Waals surface area contributed by atoms with Crippen LogP contribution in [0.4, 0.5) is 0 Å². The molecule has 0 saturated heterocycles. The number of phenolic OH excluding ortho intramolecular Hbond substituents is 1. The summed E-state index contributed by atoms with van der Waals surface area (Å²) in [5.41, 5.74) is 26.8. The summed E-state index contributed by atoms with van der Waals surface area (Å²) in [6, 6.07) is -1.14. The predicted octanol–water partition coefficient (Wildman–Crippen LogP) is 3.08. The van der Waals surface area contributed by atoms with Crippen molar-refractivity contribution in [3.63, 3.8) is 0 Å². The molecule has 0 bridgehead atoms. The van der Waals surface area contributed by atoms with E-state index in [1.54, 1.807) is 12.1 Å². The Morgan fingerprint density at radius 2 is 1.33 bits per heavy atom. The summed E-state index contributed by atoms with van der Waals surface area (Å²) in [4.78, 5) is 87.2. The Balaban J connectivity index is 3.58. The van der Waals surface area contributed by atoms with Crippen molar-refractivity contribution in [3.05, 3.63) is 64.8 Å². The first-order valence-corrected chi connectivity index (χ1v) is 23.8. The van der Waals surface area contributed by atoms with Gasteiger partial charge in [-0.2, -0.15) is 12.6 Å². The zero-order valence-corrected chi connectivity index (χ0v) is 41.6. The van der Waals surface area contributed by atoms with Gasteiger partial charge in [-0.1, -0.05) is 60.9 Å². The zero-order valence-electron chi connectivity index (χ0n) is 40.7. The number of unbranched alkanes of at least 4 members (excludes halogenated alkanes) is 1. The Morgan fingerprint density at radius 1 is 0.761 bits per heavy atom. The molecule has 1 rings (SSSR count). The van der Waals surface area contributed by atoms with Crippen molar-refractivity contribution in [3.8, 4) is 5.75 Å². The molecule has 0 aliphatic rings. The molecule has 6 atom stereocenters. The van der Waals surface area contributed by atoms with Gasteiger partial charge < -0.3 is 59.3 Å². The number of carboxylic acids is 1. The smallest absolute Gasteiger partial charge is 0.327 e. The predicted molar refractivity (Wildman–Crippen MR) is 268 cm³/mol. The molecule has 0 aliphatic carbocycles. The average Bonchev–Trinajstić information content (AvgIpc) is 3.25. The normalized spacial score (nSPS) is 14.4. The number of phenols is 1. The van der Waals surface area contributed by atoms with Crippen LogP contribution in [-0.2, 0) is 35.2 Å². The minimum absolute atomic E-state index is 0.0179. The summed E-state index contributed by atoms with van der Waals surface area (Å²) in [6.45, 7) is 13.8. The van der Waals surface area contributed by atoms with Gasteiger partial charge in [-0.05, 0) is 129 Å². The zero-order chi connectivity index (χ0) is 50.6. The number of hydrogen-bond acceptors (Lipinski definition) is 11. The van der Waals surface area contributed by atoms with Crippen molar-refractivity contribution in [1.29, 1.82) is 0 Å². The fraction of sp³-hybridized carbons (Fsp3) is 0.604. The number of nitrogens with one attached hydrogen (secondary N) is 4. The van der Waals surface area contributed by atoms with Gasteiger partial charge in [0, 0.05) is 25.3 Å². The number of aliphatic imine (C=N–C) groups is 1. The maximum Gasteiger partial charge on any atom is 0.327 e. The number of aromatic hydroxyl groups is 1. The van der Waals surface area contributed by atoms with E-state index in [0.29, 0.717) is 37.8 Å². The summed E-state index contributed by atoms with van der Waals surface area (Å²) in [5, 5.41) is 31.0. The molecule has 0 aliphatic heterocycles. The number of carbonyl (C=O) groups excluding carboxylic acids is 5. The standard InChI is InChI=1S/C48H80N10O8S/c1-30(2)13-10-14-32(5)15-11-16-33(6)23-26-58(41(29-67)47(65)66)46(64)39(17-8-9-24-49)56-45(63)40(28-35-19-21-36(59)22-20-35)57-44(62)38(18-12-25-53-48(51)52)55-42(60)34(7)54-43(61)37(50)27-31(3)4/h13,15,19-23,31,34,37-41,59,67H,8-12,14,16-18,24-29,49-50H2,1-7H3,(H,54,61)(H,55,60)(H,56,63)(H,57,62)(H,65,66)(H4,51,52,53)/b32-15-,33-23-/t34-,37-,38-,39-,40-,41-/m0/s1. The third-order valence-electron chi connectivity index (χ3n) is 10.8. The molecule has 5 amide bonds. The molecule has 0 spiro atoms. The number of hydrogen-bond donors (Lipinski definition) is 11. The summed E-state index contributed by atoms with van der Waals surface area (Å²) in [5.74, 6) is -4.96. The molecular formula is C48H80N10O8S. The van der Waals surface area contributed by atoms with E-state index >= 15 is 0 Å². The highest BCUT2D eigenvalue weighted by Crippen LogP contribution is 2.17. The highest BCUT2D eigenvalue weighted by molar-refractivity contribution is 7.80. The second-order valence-corrected chi connectivity index (χ2v) is 18.1. The summed E-state index contributed by atoms with van der Waals surface area (Å²) in [7, 11) is 0. The quantitative estimate of drug-likeness (QED) is 0.0163. The van der Waals surface area contributed by atoms with E-state index in [-0.39, 0.29) is 62.2 Å². The first kappa shape index (κ1) is 59.6. The molecule has 1 aromatic rings. The van der Waals surface area contributed by atoms with Crippen molar-refractivity contribution < 1.29 is 39.0 Å². The Hall–Kier alpha value is -5.40. The topological polar surface area (TPSA) is 311 Å². The lowest BCUT2D eigenvalue weighted by Crippen LogP contribution is -2.60. The number of rotatable bonds is 32. The van der Waals surface area contributed by atoms with Gasteiger partial charge in [0.25, 0.3) is 0 Å². The first-order valence-electron chi connectivity index (χ1n) is 23.2. The van der Waals surface area contributed by atoms with Crippen LogP contribution in [0.25, 0.3) is 0 Å². The van der Waals surface area contributed by atoms with Crippen molar-refractivity contribution >= 4 is 54.1 Å². The molecule has 0 unspecified atom stereocenters. The fourth-order valence-corrected chi connectivity index (χ4v) is 7.27. The minimum Gasteiger partial charge on any atom is -0.508 e. The number of aliphatic carboxylic acids is 1. The van der Waals surface area contributed by atoms with Gasteiger partial charge in [0.15, 0.2) is 5.96 Å². The molecule has 18 nitrogen and oxygen atoms in total. The Morgan fingerprint density at radius 3 is 1.90 bits per heavy atom. The van der Waals surface area contributed by atoms with Crippen LogP contribution in [0.15, 0.2) is 64.2 Å². The van der Waals surface area contributed by atoms with Crippen molar-refractivity contribution in [2.45, 2.75) is 155 Å². The highest BCUT2D eigenvalue weighted by atomic mass is 32.1. The average molecular weight is 957 g/mol. The van der Waals surface area contributed by atoms with Gasteiger partial charge in [0.05, 0.1) is 6.04 Å². The third kappa shape index (κ3) is 24.8.